The van der Waals surface area contributed by atoms with E-state index >= 15 is 0 Å². The van der Waals surface area contributed by atoms with Crippen LogP contribution >= 0.6 is 0 Å². The molecule has 7 nitrogen and oxygen atoms in total. The van der Waals surface area contributed by atoms with Gasteiger partial charge in [-0.1, -0.05) is 0 Å². The highest BCUT2D eigenvalue weighted by Gasteiger charge is 2.23. The van der Waals surface area contributed by atoms with Crippen molar-refractivity contribution in [2.24, 2.45) is 0 Å². The van der Waals surface area contributed by atoms with Crippen LogP contribution in [0.15, 0.2) is 17.0 Å². The zero-order chi connectivity index (χ0) is 13.9. The van der Waals surface area contributed by atoms with E-state index in [9.17, 15) is 22.9 Å². The van der Waals surface area contributed by atoms with Crippen molar-refractivity contribution in [2.45, 2.75) is 11.8 Å². The van der Waals surface area contributed by atoms with Crippen LogP contribution in [0.5, 0.6) is 0 Å². The molecule has 0 aliphatic heterocycles. The number of nitro groups is 1. The molecule has 0 atom stereocenters. The van der Waals surface area contributed by atoms with Crippen molar-refractivity contribution >= 4 is 15.7 Å². The summed E-state index contributed by atoms with van der Waals surface area (Å²) >= 11 is 0. The van der Waals surface area contributed by atoms with Crippen molar-refractivity contribution in [1.82, 2.24) is 4.72 Å². The summed E-state index contributed by atoms with van der Waals surface area (Å²) in [6.07, 6.45) is 0. The van der Waals surface area contributed by atoms with Crippen LogP contribution in [0.2, 0.25) is 0 Å². The molecule has 9 heteroatoms. The molecule has 0 aliphatic carbocycles. The lowest BCUT2D eigenvalue weighted by molar-refractivity contribution is -0.387. The number of benzene rings is 1. The van der Waals surface area contributed by atoms with Gasteiger partial charge < -0.3 is 0 Å². The molecule has 0 saturated carbocycles. The number of rotatable bonds is 4. The van der Waals surface area contributed by atoms with Crippen LogP contribution in [0.4, 0.5) is 10.1 Å². The quantitative estimate of drug-likeness (QED) is 0.496. The van der Waals surface area contributed by atoms with Gasteiger partial charge >= 0.3 is 5.69 Å². The van der Waals surface area contributed by atoms with E-state index < -0.39 is 37.9 Å². The number of aryl methyl sites for hydroxylation is 1. The Labute approximate surface area is 102 Å². The maximum atomic E-state index is 13.2. The second-order valence-corrected chi connectivity index (χ2v) is 5.04. The molecular formula is C9H8FN3O4S. The van der Waals surface area contributed by atoms with Crippen molar-refractivity contribution in [3.63, 3.8) is 0 Å². The number of nitrogens with zero attached hydrogens (tertiary/aromatic N) is 2. The number of sulfonamides is 1. The summed E-state index contributed by atoms with van der Waals surface area (Å²) < 4.78 is 38.5. The van der Waals surface area contributed by atoms with E-state index in [0.717, 1.165) is 6.07 Å². The fourth-order valence-corrected chi connectivity index (χ4v) is 2.44. The number of hydrogen-bond acceptors (Lipinski definition) is 5. The minimum absolute atomic E-state index is 0.0172. The van der Waals surface area contributed by atoms with Gasteiger partial charge in [0.25, 0.3) is 0 Å². The summed E-state index contributed by atoms with van der Waals surface area (Å²) in [7, 11) is -4.07. The number of hydrogen-bond donors (Lipinski definition) is 1. The molecule has 0 unspecified atom stereocenters. The van der Waals surface area contributed by atoms with E-state index in [1.807, 2.05) is 4.72 Å². The van der Waals surface area contributed by atoms with Gasteiger partial charge in [-0.15, -0.1) is 0 Å². The maximum absolute atomic E-state index is 13.2. The zero-order valence-electron chi connectivity index (χ0n) is 9.18. The van der Waals surface area contributed by atoms with Crippen LogP contribution in [-0.2, 0) is 10.0 Å². The molecule has 0 radical (unpaired) electrons. The van der Waals surface area contributed by atoms with Crippen LogP contribution in [0.1, 0.15) is 5.56 Å². The highest BCUT2D eigenvalue weighted by Crippen LogP contribution is 2.24. The van der Waals surface area contributed by atoms with Gasteiger partial charge in [-0.05, 0) is 18.6 Å². The molecule has 0 fully saturated rings. The van der Waals surface area contributed by atoms with Crippen LogP contribution in [0.3, 0.4) is 0 Å². The third kappa shape index (κ3) is 2.79. The minimum Gasteiger partial charge on any atom is -0.258 e. The molecule has 96 valence electrons. The fourth-order valence-electron chi connectivity index (χ4n) is 1.28. The average Bonchev–Trinajstić information content (AvgIpc) is 2.25. The van der Waals surface area contributed by atoms with Gasteiger partial charge in [-0.25, -0.2) is 8.42 Å². The standard InChI is InChI=1S/C9H8FN3O4S/c1-6-4-7(10)8(13(14)15)5-9(6)18(16,17)12-3-2-11/h4-5,12H,3H2,1H3. The second kappa shape index (κ2) is 5.07. The molecule has 0 spiro atoms. The Kier molecular flexibility index (Phi) is 3.95. The van der Waals surface area contributed by atoms with E-state index in [-0.39, 0.29) is 5.56 Å². The van der Waals surface area contributed by atoms with E-state index in [1.54, 1.807) is 6.07 Å². The predicted molar refractivity (Wildman–Crippen MR) is 58.6 cm³/mol. The molecule has 1 aromatic carbocycles. The Bertz CT molecular complexity index is 636. The van der Waals surface area contributed by atoms with Crippen molar-refractivity contribution < 1.29 is 17.7 Å². The second-order valence-electron chi connectivity index (χ2n) is 3.31. The summed E-state index contributed by atoms with van der Waals surface area (Å²) in [5.41, 5.74) is -0.915. The number of nitro benzene ring substituents is 1. The summed E-state index contributed by atoms with van der Waals surface area (Å²) in [6, 6.07) is 2.96. The third-order valence-electron chi connectivity index (χ3n) is 2.07. The first-order valence-electron chi connectivity index (χ1n) is 4.60. The Balaban J connectivity index is 3.38. The molecule has 0 amide bonds. The van der Waals surface area contributed by atoms with Gasteiger partial charge in [-0.3, -0.25) is 10.1 Å². The van der Waals surface area contributed by atoms with Gasteiger partial charge in [0.2, 0.25) is 15.8 Å². The van der Waals surface area contributed by atoms with Crippen LogP contribution in [0, 0.1) is 34.2 Å². The SMILES string of the molecule is Cc1cc(F)c([N+](=O)[O-])cc1S(=O)(=O)NCC#N. The minimum atomic E-state index is -4.07. The Morgan fingerprint density at radius 3 is 2.67 bits per heavy atom. The van der Waals surface area contributed by atoms with E-state index in [4.69, 9.17) is 5.26 Å². The summed E-state index contributed by atoms with van der Waals surface area (Å²) in [4.78, 5) is 9.08. The highest BCUT2D eigenvalue weighted by molar-refractivity contribution is 7.89. The molecule has 18 heavy (non-hydrogen) atoms. The van der Waals surface area contributed by atoms with Gasteiger partial charge in [0, 0.05) is 6.07 Å². The van der Waals surface area contributed by atoms with Crippen LogP contribution in [-0.4, -0.2) is 19.9 Å². The molecule has 0 aromatic heterocycles. The smallest absolute Gasteiger partial charge is 0.258 e. The number of nitrogens with one attached hydrogen (secondary N) is 1. The predicted octanol–water partition coefficient (Wildman–Crippen LogP) is 0.844. The molecule has 0 bridgehead atoms. The van der Waals surface area contributed by atoms with Gasteiger partial charge in [0.05, 0.1) is 22.4 Å². The normalized spacial score (nSPS) is 10.9. The van der Waals surface area contributed by atoms with Crippen molar-refractivity contribution in [2.75, 3.05) is 6.54 Å². The lowest BCUT2D eigenvalue weighted by Crippen LogP contribution is -2.24. The van der Waals surface area contributed by atoms with Crippen LogP contribution in [0.25, 0.3) is 0 Å². The lowest BCUT2D eigenvalue weighted by Gasteiger charge is -2.07. The first-order valence-corrected chi connectivity index (χ1v) is 6.09. The Hall–Kier alpha value is -2.05. The largest absolute Gasteiger partial charge is 0.306 e. The molecular weight excluding hydrogens is 265 g/mol. The molecule has 1 rings (SSSR count). The Morgan fingerprint density at radius 1 is 1.56 bits per heavy atom. The monoisotopic (exact) mass is 273 g/mol. The summed E-state index contributed by atoms with van der Waals surface area (Å²) in [5, 5.41) is 18.8. The highest BCUT2D eigenvalue weighted by atomic mass is 32.2. The van der Waals surface area contributed by atoms with E-state index in [1.165, 1.54) is 6.92 Å². The molecule has 1 aromatic rings. The number of halogens is 1. The molecule has 0 aliphatic rings. The average molecular weight is 273 g/mol. The fraction of sp³-hybridized carbons (Fsp3) is 0.222. The van der Waals surface area contributed by atoms with E-state index in [2.05, 4.69) is 0 Å². The summed E-state index contributed by atoms with van der Waals surface area (Å²) in [6.45, 7) is 0.820. The molecule has 1 N–H and O–H groups in total. The van der Waals surface area contributed by atoms with Crippen LogP contribution < -0.4 is 4.72 Å². The maximum Gasteiger partial charge on any atom is 0.306 e. The number of nitriles is 1. The first-order chi connectivity index (χ1) is 8.29. The first kappa shape index (κ1) is 14.0. The molecule has 0 heterocycles. The van der Waals surface area contributed by atoms with Gasteiger partial charge in [0.15, 0.2) is 0 Å². The Morgan fingerprint density at radius 2 is 2.17 bits per heavy atom. The lowest BCUT2D eigenvalue weighted by atomic mass is 10.2. The zero-order valence-corrected chi connectivity index (χ0v) is 9.99. The topological polar surface area (TPSA) is 113 Å². The van der Waals surface area contributed by atoms with Crippen molar-refractivity contribution in [3.05, 3.63) is 33.6 Å². The van der Waals surface area contributed by atoms with Crippen molar-refractivity contribution in [3.8, 4) is 6.07 Å². The van der Waals surface area contributed by atoms with Gasteiger partial charge in [0.1, 0.15) is 0 Å². The van der Waals surface area contributed by atoms with E-state index in [0.29, 0.717) is 6.07 Å². The third-order valence-corrected chi connectivity index (χ3v) is 3.62. The molecule has 0 saturated heterocycles. The summed E-state index contributed by atoms with van der Waals surface area (Å²) in [5.74, 6) is -1.11. The van der Waals surface area contributed by atoms with Gasteiger partial charge in [-0.2, -0.15) is 14.4 Å². The van der Waals surface area contributed by atoms with Crippen molar-refractivity contribution in [1.29, 1.82) is 5.26 Å².